The average molecular weight is 375 g/mol. The van der Waals surface area contributed by atoms with E-state index in [0.717, 1.165) is 28.2 Å². The van der Waals surface area contributed by atoms with Crippen LogP contribution in [0.4, 0.5) is 5.69 Å². The first-order chi connectivity index (χ1) is 13.4. The molecule has 0 spiro atoms. The van der Waals surface area contributed by atoms with E-state index in [1.807, 2.05) is 62.4 Å². The fraction of sp³-hybridized carbons (Fsp3) is 0.250. The van der Waals surface area contributed by atoms with Gasteiger partial charge < -0.3 is 9.47 Å². The Morgan fingerprint density at radius 2 is 1.46 bits per heavy atom. The van der Waals surface area contributed by atoms with Gasteiger partial charge in [0.2, 0.25) is 6.79 Å². The Morgan fingerprint density at radius 3 is 2.07 bits per heavy atom. The minimum Gasteiger partial charge on any atom is -0.458 e. The summed E-state index contributed by atoms with van der Waals surface area (Å²) >= 11 is 0. The van der Waals surface area contributed by atoms with Crippen LogP contribution in [-0.2, 0) is 5.41 Å². The predicted octanol–water partition coefficient (Wildman–Crippen LogP) is 6.44. The molecular formula is C24H25NO3. The lowest BCUT2D eigenvalue weighted by molar-refractivity contribution is 0.119. The van der Waals surface area contributed by atoms with E-state index < -0.39 is 0 Å². The molecule has 4 heteroatoms. The predicted molar refractivity (Wildman–Crippen MR) is 113 cm³/mol. The van der Waals surface area contributed by atoms with E-state index in [0.29, 0.717) is 5.69 Å². The number of ether oxygens (including phenoxy) is 2. The first kappa shape index (κ1) is 19.6. The lowest BCUT2D eigenvalue weighted by Gasteiger charge is -2.27. The van der Waals surface area contributed by atoms with Crippen molar-refractivity contribution in [3.63, 3.8) is 0 Å². The van der Waals surface area contributed by atoms with E-state index >= 15 is 0 Å². The number of rotatable bonds is 7. The van der Waals surface area contributed by atoms with Gasteiger partial charge >= 0.3 is 0 Å². The van der Waals surface area contributed by atoms with Gasteiger partial charge in [-0.25, -0.2) is 0 Å². The van der Waals surface area contributed by atoms with Gasteiger partial charge in [0.15, 0.2) is 0 Å². The van der Waals surface area contributed by atoms with Crippen molar-refractivity contribution < 1.29 is 9.47 Å². The summed E-state index contributed by atoms with van der Waals surface area (Å²) in [6.45, 7) is 8.44. The third-order valence-corrected chi connectivity index (χ3v) is 5.10. The Bertz CT molecular complexity index is 965. The number of aryl methyl sites for hydroxylation is 2. The lowest BCUT2D eigenvalue weighted by atomic mass is 9.77. The molecule has 144 valence electrons. The quantitative estimate of drug-likeness (QED) is 0.352. The van der Waals surface area contributed by atoms with Gasteiger partial charge in [-0.1, -0.05) is 56.3 Å². The Labute approximate surface area is 166 Å². The Balaban J connectivity index is 1.75. The third kappa shape index (κ3) is 4.22. The first-order valence-electron chi connectivity index (χ1n) is 9.28. The molecule has 0 saturated heterocycles. The van der Waals surface area contributed by atoms with E-state index in [2.05, 4.69) is 31.2 Å². The molecule has 3 aromatic carbocycles. The van der Waals surface area contributed by atoms with Crippen molar-refractivity contribution in [2.45, 2.75) is 33.1 Å². The maximum atomic E-state index is 10.8. The Kier molecular flexibility index (Phi) is 5.78. The fourth-order valence-corrected chi connectivity index (χ4v) is 3.19. The molecule has 0 aliphatic carbocycles. The molecule has 0 heterocycles. The molecular weight excluding hydrogens is 350 g/mol. The second-order valence-electron chi connectivity index (χ2n) is 7.42. The van der Waals surface area contributed by atoms with Crippen LogP contribution >= 0.6 is 0 Å². The summed E-state index contributed by atoms with van der Waals surface area (Å²) in [6, 6.07) is 21.6. The third-order valence-electron chi connectivity index (χ3n) is 5.10. The van der Waals surface area contributed by atoms with Crippen LogP contribution in [0.3, 0.4) is 0 Å². The minimum absolute atomic E-state index is 0.160. The molecule has 0 radical (unpaired) electrons. The molecule has 0 saturated carbocycles. The number of hydrogen-bond donors (Lipinski definition) is 0. The molecule has 0 aliphatic heterocycles. The average Bonchev–Trinajstić information content (AvgIpc) is 2.70. The number of nitroso groups, excluding NO2 is 1. The van der Waals surface area contributed by atoms with Crippen molar-refractivity contribution in [3.05, 3.63) is 93.9 Å². The van der Waals surface area contributed by atoms with Crippen molar-refractivity contribution in [1.82, 2.24) is 0 Å². The maximum Gasteiger partial charge on any atom is 0.230 e. The molecule has 3 aromatic rings. The Hall–Kier alpha value is -3.14. The zero-order valence-electron chi connectivity index (χ0n) is 16.7. The summed E-state index contributed by atoms with van der Waals surface area (Å²) in [7, 11) is 0. The molecule has 4 nitrogen and oxygen atoms in total. The van der Waals surface area contributed by atoms with Crippen LogP contribution in [0.15, 0.2) is 71.9 Å². The fourth-order valence-electron chi connectivity index (χ4n) is 3.19. The lowest BCUT2D eigenvalue weighted by Crippen LogP contribution is -2.19. The zero-order chi connectivity index (χ0) is 20.1. The van der Waals surface area contributed by atoms with E-state index in [4.69, 9.17) is 9.47 Å². The SMILES string of the molecule is Cc1cc(C(C)(C)c2ccc(OCOc3ccccc3)c(C)c2)ccc1N=O. The highest BCUT2D eigenvalue weighted by atomic mass is 16.7. The van der Waals surface area contributed by atoms with E-state index in [-0.39, 0.29) is 12.2 Å². The molecule has 0 aliphatic rings. The van der Waals surface area contributed by atoms with Crippen LogP contribution in [0.25, 0.3) is 0 Å². The van der Waals surface area contributed by atoms with Gasteiger partial charge in [-0.2, -0.15) is 0 Å². The summed E-state index contributed by atoms with van der Waals surface area (Å²) in [5.41, 5.74) is 4.51. The normalized spacial score (nSPS) is 11.1. The topological polar surface area (TPSA) is 47.9 Å². The van der Waals surface area contributed by atoms with Gasteiger partial charge in [0, 0.05) is 5.41 Å². The largest absolute Gasteiger partial charge is 0.458 e. The van der Waals surface area contributed by atoms with Crippen molar-refractivity contribution in [1.29, 1.82) is 0 Å². The van der Waals surface area contributed by atoms with Crippen LogP contribution in [0, 0.1) is 18.8 Å². The van der Waals surface area contributed by atoms with Crippen LogP contribution in [0.2, 0.25) is 0 Å². The van der Waals surface area contributed by atoms with Crippen LogP contribution in [0.1, 0.15) is 36.1 Å². The molecule has 0 unspecified atom stereocenters. The molecule has 0 N–H and O–H groups in total. The molecule has 3 rings (SSSR count). The highest BCUT2D eigenvalue weighted by molar-refractivity contribution is 5.51. The summed E-state index contributed by atoms with van der Waals surface area (Å²) in [6.07, 6.45) is 0. The molecule has 0 atom stereocenters. The number of hydrogen-bond acceptors (Lipinski definition) is 4. The van der Waals surface area contributed by atoms with Gasteiger partial charge in [0.05, 0.1) is 0 Å². The molecule has 0 fully saturated rings. The second-order valence-corrected chi connectivity index (χ2v) is 7.42. The monoisotopic (exact) mass is 375 g/mol. The van der Waals surface area contributed by atoms with Gasteiger partial charge in [-0.05, 0) is 65.5 Å². The minimum atomic E-state index is -0.212. The molecule has 0 aromatic heterocycles. The highest BCUT2D eigenvalue weighted by Crippen LogP contribution is 2.35. The van der Waals surface area contributed by atoms with Gasteiger partial charge in [0.25, 0.3) is 0 Å². The van der Waals surface area contributed by atoms with Crippen molar-refractivity contribution >= 4 is 5.69 Å². The van der Waals surface area contributed by atoms with E-state index in [1.54, 1.807) is 6.07 Å². The summed E-state index contributed by atoms with van der Waals surface area (Å²) in [5, 5.41) is 3.06. The van der Waals surface area contributed by atoms with Crippen molar-refractivity contribution in [2.24, 2.45) is 5.18 Å². The number of benzene rings is 3. The summed E-state index contributed by atoms with van der Waals surface area (Å²) in [5.74, 6) is 1.58. The summed E-state index contributed by atoms with van der Waals surface area (Å²) < 4.78 is 11.4. The van der Waals surface area contributed by atoms with Crippen molar-refractivity contribution in [2.75, 3.05) is 6.79 Å². The van der Waals surface area contributed by atoms with E-state index in [9.17, 15) is 4.91 Å². The highest BCUT2D eigenvalue weighted by Gasteiger charge is 2.24. The smallest absolute Gasteiger partial charge is 0.230 e. The Morgan fingerprint density at radius 1 is 0.821 bits per heavy atom. The first-order valence-corrected chi connectivity index (χ1v) is 9.28. The number of nitrogens with zero attached hydrogens (tertiary/aromatic N) is 1. The second kappa shape index (κ2) is 8.26. The molecule has 28 heavy (non-hydrogen) atoms. The van der Waals surface area contributed by atoms with Gasteiger partial charge in [0.1, 0.15) is 17.2 Å². The van der Waals surface area contributed by atoms with Gasteiger partial charge in [-0.15, -0.1) is 4.91 Å². The standard InChI is InChI=1S/C24H25NO3/c1-17-14-19(10-12-22(17)25-26)24(3,4)20-11-13-23(18(2)15-20)28-16-27-21-8-6-5-7-9-21/h5-15H,16H2,1-4H3. The van der Waals surface area contributed by atoms with Crippen LogP contribution in [-0.4, -0.2) is 6.79 Å². The van der Waals surface area contributed by atoms with Crippen molar-refractivity contribution in [3.8, 4) is 11.5 Å². The van der Waals surface area contributed by atoms with Crippen LogP contribution in [0.5, 0.6) is 11.5 Å². The maximum absolute atomic E-state index is 10.8. The molecule has 0 amide bonds. The summed E-state index contributed by atoms with van der Waals surface area (Å²) in [4.78, 5) is 10.8. The van der Waals surface area contributed by atoms with Crippen LogP contribution < -0.4 is 9.47 Å². The zero-order valence-corrected chi connectivity index (χ0v) is 16.7. The molecule has 0 bridgehead atoms. The van der Waals surface area contributed by atoms with E-state index in [1.165, 1.54) is 5.56 Å². The number of para-hydroxylation sites is 1. The van der Waals surface area contributed by atoms with Gasteiger partial charge in [-0.3, -0.25) is 0 Å².